The molecule has 0 aliphatic rings. The maximum Gasteiger partial charge on any atom is 0.123 e. The molecule has 2 aromatic rings. The number of hydrogen-bond donors (Lipinski definition) is 1. The molecule has 0 radical (unpaired) electrons. The number of halogens is 1. The van der Waals surface area contributed by atoms with Gasteiger partial charge in [0.15, 0.2) is 0 Å². The van der Waals surface area contributed by atoms with E-state index in [1.807, 2.05) is 24.3 Å². The Morgan fingerprint density at radius 2 is 1.90 bits per heavy atom. The lowest BCUT2D eigenvalue weighted by Crippen LogP contribution is -2.19. The molecule has 0 atom stereocenters. The molecule has 2 aromatic carbocycles. The van der Waals surface area contributed by atoms with Gasteiger partial charge in [0.05, 0.1) is 0 Å². The van der Waals surface area contributed by atoms with Crippen LogP contribution in [0.5, 0.6) is 0 Å². The molecular weight excluding hydrogens is 251 g/mol. The molecule has 3 heteroatoms. The molecule has 106 valence electrons. The van der Waals surface area contributed by atoms with E-state index in [0.29, 0.717) is 0 Å². The van der Waals surface area contributed by atoms with Crippen LogP contribution in [0.4, 0.5) is 10.1 Å². The van der Waals surface area contributed by atoms with Crippen molar-refractivity contribution in [2.75, 3.05) is 19.3 Å². The van der Waals surface area contributed by atoms with Gasteiger partial charge in [-0.25, -0.2) is 4.39 Å². The predicted octanol–water partition coefficient (Wildman–Crippen LogP) is 3.47. The Kier molecular flexibility index (Phi) is 5.13. The van der Waals surface area contributed by atoms with E-state index < -0.39 is 0 Å². The molecule has 0 fully saturated rings. The molecular formula is C17H21FN2. The second-order valence-corrected chi connectivity index (χ2v) is 5.17. The van der Waals surface area contributed by atoms with E-state index in [1.165, 1.54) is 11.6 Å². The number of rotatable bonds is 6. The highest BCUT2D eigenvalue weighted by molar-refractivity contribution is 5.46. The molecule has 0 aliphatic carbocycles. The van der Waals surface area contributed by atoms with E-state index in [4.69, 9.17) is 5.73 Å². The summed E-state index contributed by atoms with van der Waals surface area (Å²) in [5.74, 6) is -0.173. The van der Waals surface area contributed by atoms with E-state index in [2.05, 4.69) is 18.0 Å². The van der Waals surface area contributed by atoms with Crippen molar-refractivity contribution in [2.45, 2.75) is 19.4 Å². The maximum atomic E-state index is 13.1. The Balaban J connectivity index is 1.78. The van der Waals surface area contributed by atoms with E-state index in [0.717, 1.165) is 37.2 Å². The lowest BCUT2D eigenvalue weighted by atomic mass is 10.1. The number of para-hydroxylation sites is 1. The van der Waals surface area contributed by atoms with E-state index in [-0.39, 0.29) is 5.82 Å². The fraction of sp³-hybridized carbons (Fsp3) is 0.294. The first-order chi connectivity index (χ1) is 9.65. The summed E-state index contributed by atoms with van der Waals surface area (Å²) in [4.78, 5) is 2.20. The minimum atomic E-state index is -0.173. The number of nitrogens with zero attached hydrogens (tertiary/aromatic N) is 1. The summed E-state index contributed by atoms with van der Waals surface area (Å²) in [5, 5.41) is 0. The zero-order valence-corrected chi connectivity index (χ0v) is 11.8. The lowest BCUT2D eigenvalue weighted by Gasteiger charge is -2.17. The van der Waals surface area contributed by atoms with Crippen molar-refractivity contribution in [3.63, 3.8) is 0 Å². The highest BCUT2D eigenvalue weighted by atomic mass is 19.1. The van der Waals surface area contributed by atoms with Crippen molar-refractivity contribution in [2.24, 2.45) is 0 Å². The Hall–Kier alpha value is -1.87. The Morgan fingerprint density at radius 1 is 1.10 bits per heavy atom. The van der Waals surface area contributed by atoms with Crippen molar-refractivity contribution in [1.82, 2.24) is 4.90 Å². The van der Waals surface area contributed by atoms with Crippen molar-refractivity contribution in [1.29, 1.82) is 0 Å². The van der Waals surface area contributed by atoms with Crippen LogP contribution in [0.3, 0.4) is 0 Å². The molecule has 0 amide bonds. The number of anilines is 1. The first-order valence-electron chi connectivity index (χ1n) is 6.91. The monoisotopic (exact) mass is 272 g/mol. The largest absolute Gasteiger partial charge is 0.399 e. The zero-order chi connectivity index (χ0) is 14.4. The van der Waals surface area contributed by atoms with Gasteiger partial charge < -0.3 is 10.6 Å². The number of aryl methyl sites for hydroxylation is 1. The first-order valence-corrected chi connectivity index (χ1v) is 6.91. The molecule has 0 saturated heterocycles. The smallest absolute Gasteiger partial charge is 0.123 e. The molecule has 0 saturated carbocycles. The minimum Gasteiger partial charge on any atom is -0.399 e. The van der Waals surface area contributed by atoms with E-state index in [1.54, 1.807) is 12.1 Å². The van der Waals surface area contributed by atoms with Gasteiger partial charge in [0.1, 0.15) is 5.82 Å². The summed E-state index contributed by atoms with van der Waals surface area (Å²) in [5.41, 5.74) is 8.99. The first kappa shape index (κ1) is 14.5. The number of hydrogen-bond acceptors (Lipinski definition) is 2. The van der Waals surface area contributed by atoms with Gasteiger partial charge >= 0.3 is 0 Å². The van der Waals surface area contributed by atoms with Crippen LogP contribution in [-0.4, -0.2) is 18.5 Å². The fourth-order valence-corrected chi connectivity index (χ4v) is 2.33. The summed E-state index contributed by atoms with van der Waals surface area (Å²) in [7, 11) is 2.05. The number of benzene rings is 2. The highest BCUT2D eigenvalue weighted by Crippen LogP contribution is 2.13. The number of nitrogen functional groups attached to an aromatic ring is 1. The van der Waals surface area contributed by atoms with Gasteiger partial charge in [-0.05, 0) is 55.8 Å². The molecule has 2 nitrogen and oxygen atoms in total. The van der Waals surface area contributed by atoms with Crippen molar-refractivity contribution < 1.29 is 4.39 Å². The highest BCUT2D eigenvalue weighted by Gasteiger charge is 2.03. The van der Waals surface area contributed by atoms with Gasteiger partial charge in [-0.3, -0.25) is 0 Å². The van der Waals surface area contributed by atoms with Crippen molar-refractivity contribution >= 4 is 5.69 Å². The van der Waals surface area contributed by atoms with Crippen LogP contribution in [0, 0.1) is 5.82 Å². The van der Waals surface area contributed by atoms with Crippen molar-refractivity contribution in [3.8, 4) is 0 Å². The van der Waals surface area contributed by atoms with Gasteiger partial charge in [-0.15, -0.1) is 0 Å². The third-order valence-corrected chi connectivity index (χ3v) is 3.38. The van der Waals surface area contributed by atoms with Crippen LogP contribution in [0.15, 0.2) is 48.5 Å². The molecule has 2 rings (SSSR count). The Labute approximate surface area is 120 Å². The summed E-state index contributed by atoms with van der Waals surface area (Å²) in [6.07, 6.45) is 2.01. The van der Waals surface area contributed by atoms with Gasteiger partial charge in [-0.2, -0.15) is 0 Å². The Bertz CT molecular complexity index is 554. The molecule has 0 aromatic heterocycles. The SMILES string of the molecule is CN(CCCc1ccccc1N)Cc1cccc(F)c1. The summed E-state index contributed by atoms with van der Waals surface area (Å²) < 4.78 is 13.1. The van der Waals surface area contributed by atoms with E-state index in [9.17, 15) is 4.39 Å². The number of nitrogens with two attached hydrogens (primary N) is 1. The lowest BCUT2D eigenvalue weighted by molar-refractivity contribution is 0.322. The fourth-order valence-electron chi connectivity index (χ4n) is 2.33. The van der Waals surface area contributed by atoms with Crippen LogP contribution in [-0.2, 0) is 13.0 Å². The molecule has 0 spiro atoms. The molecule has 0 unspecified atom stereocenters. The quantitative estimate of drug-likeness (QED) is 0.816. The van der Waals surface area contributed by atoms with Crippen molar-refractivity contribution in [3.05, 3.63) is 65.5 Å². The average Bonchev–Trinajstić information content (AvgIpc) is 2.41. The van der Waals surface area contributed by atoms with Gasteiger partial charge in [-0.1, -0.05) is 30.3 Å². The maximum absolute atomic E-state index is 13.1. The van der Waals surface area contributed by atoms with E-state index >= 15 is 0 Å². The van der Waals surface area contributed by atoms with Gasteiger partial charge in [0.25, 0.3) is 0 Å². The molecule has 0 aliphatic heterocycles. The van der Waals surface area contributed by atoms with Crippen LogP contribution in [0.1, 0.15) is 17.5 Å². The third-order valence-electron chi connectivity index (χ3n) is 3.38. The molecule has 0 heterocycles. The predicted molar refractivity (Wildman–Crippen MR) is 81.9 cm³/mol. The van der Waals surface area contributed by atoms with Crippen LogP contribution in [0.2, 0.25) is 0 Å². The normalized spacial score (nSPS) is 10.9. The average molecular weight is 272 g/mol. The van der Waals surface area contributed by atoms with Crippen LogP contribution in [0.25, 0.3) is 0 Å². The summed E-state index contributed by atoms with van der Waals surface area (Å²) in [6, 6.07) is 14.7. The molecule has 20 heavy (non-hydrogen) atoms. The standard InChI is InChI=1S/C17H21FN2/c1-20(13-14-6-4-9-16(18)12-14)11-5-8-15-7-2-3-10-17(15)19/h2-4,6-7,9-10,12H,5,8,11,13,19H2,1H3. The zero-order valence-electron chi connectivity index (χ0n) is 11.8. The van der Waals surface area contributed by atoms with Crippen LogP contribution < -0.4 is 5.73 Å². The van der Waals surface area contributed by atoms with Gasteiger partial charge in [0, 0.05) is 12.2 Å². The minimum absolute atomic E-state index is 0.173. The Morgan fingerprint density at radius 3 is 2.65 bits per heavy atom. The molecule has 0 bridgehead atoms. The summed E-state index contributed by atoms with van der Waals surface area (Å²) >= 11 is 0. The third kappa shape index (κ3) is 4.35. The second-order valence-electron chi connectivity index (χ2n) is 5.17. The molecule has 2 N–H and O–H groups in total. The van der Waals surface area contributed by atoms with Gasteiger partial charge in [0.2, 0.25) is 0 Å². The second kappa shape index (κ2) is 7.06. The van der Waals surface area contributed by atoms with Crippen LogP contribution >= 0.6 is 0 Å². The summed E-state index contributed by atoms with van der Waals surface area (Å²) in [6.45, 7) is 1.73. The topological polar surface area (TPSA) is 29.3 Å².